The van der Waals surface area contributed by atoms with Crippen LogP contribution < -0.4 is 4.90 Å². The smallest absolute Gasteiger partial charge is 0.213 e. The normalized spacial score (nSPS) is 11.6. The molecule has 0 aliphatic rings. The molecule has 0 saturated carbocycles. The van der Waals surface area contributed by atoms with E-state index in [0.717, 1.165) is 117 Å². The fraction of sp³-hybridized carbons (Fsp3) is 0. The van der Waals surface area contributed by atoms with E-state index >= 15 is 0 Å². The fourth-order valence-electron chi connectivity index (χ4n) is 9.92. The van der Waals surface area contributed by atoms with Crippen LogP contribution in [0, 0.1) is 0 Å². The number of para-hydroxylation sites is 3. The molecule has 0 saturated heterocycles. The maximum atomic E-state index is 7.01. The lowest BCUT2D eigenvalue weighted by molar-refractivity contribution is 0.645. The van der Waals surface area contributed by atoms with E-state index in [-0.39, 0.29) is 0 Å². The highest BCUT2D eigenvalue weighted by Crippen LogP contribution is 2.46. The summed E-state index contributed by atoms with van der Waals surface area (Å²) in [6, 6.07) is 86.1. The lowest BCUT2D eigenvalue weighted by Gasteiger charge is -2.26. The Labute approximate surface area is 381 Å². The van der Waals surface area contributed by atoms with Crippen LogP contribution in [0.15, 0.2) is 251 Å². The molecule has 0 fully saturated rings. The summed E-state index contributed by atoms with van der Waals surface area (Å²) in [7, 11) is 0. The SMILES string of the molecule is c1ccc(-c2ccc(N(c3ccc(-c4cccc5oc6c(c7ccccc7n6-c6cc(-c7ccccc7)cc(-c7ccccc7)c6)c45)cc3)c3cccc4c3oc3ccccc34)cc2)cc1. The number of nitrogens with zero attached hydrogens (tertiary/aromatic N) is 2. The van der Waals surface area contributed by atoms with Crippen LogP contribution in [0.1, 0.15) is 0 Å². The minimum Gasteiger partial charge on any atom is -0.454 e. The van der Waals surface area contributed by atoms with Gasteiger partial charge in [0, 0.05) is 32.9 Å². The number of aromatic nitrogens is 1. The van der Waals surface area contributed by atoms with Crippen molar-refractivity contribution < 1.29 is 8.83 Å². The molecule has 66 heavy (non-hydrogen) atoms. The van der Waals surface area contributed by atoms with Gasteiger partial charge in [-0.05, 0) is 111 Å². The first-order chi connectivity index (χ1) is 32.7. The van der Waals surface area contributed by atoms with Crippen molar-refractivity contribution >= 4 is 72.0 Å². The van der Waals surface area contributed by atoms with E-state index in [0.29, 0.717) is 0 Å². The minimum absolute atomic E-state index is 0.823. The Morgan fingerprint density at radius 1 is 0.333 bits per heavy atom. The number of anilines is 3. The zero-order chi connectivity index (χ0) is 43.6. The minimum atomic E-state index is 0.823. The predicted octanol–water partition coefficient (Wildman–Crippen LogP) is 17.6. The van der Waals surface area contributed by atoms with Crippen molar-refractivity contribution in [1.82, 2.24) is 4.57 Å². The Hall–Kier alpha value is -8.86. The van der Waals surface area contributed by atoms with Gasteiger partial charge in [-0.25, -0.2) is 0 Å². The second kappa shape index (κ2) is 15.4. The highest BCUT2D eigenvalue weighted by Gasteiger charge is 2.24. The Balaban J connectivity index is 0.969. The van der Waals surface area contributed by atoms with Crippen LogP contribution in [0.5, 0.6) is 0 Å². The number of fused-ring (bicyclic) bond motifs is 8. The lowest BCUT2D eigenvalue weighted by Crippen LogP contribution is -2.10. The molecule has 13 aromatic rings. The summed E-state index contributed by atoms with van der Waals surface area (Å²) < 4.78 is 16.0. The molecule has 0 amide bonds. The zero-order valence-electron chi connectivity index (χ0n) is 35.8. The molecule has 0 atom stereocenters. The van der Waals surface area contributed by atoms with E-state index in [9.17, 15) is 0 Å². The van der Waals surface area contributed by atoms with Crippen molar-refractivity contribution in [2.75, 3.05) is 4.90 Å². The average Bonchev–Trinajstić information content (AvgIpc) is 4.07. The first kappa shape index (κ1) is 37.7. The van der Waals surface area contributed by atoms with Crippen LogP contribution in [0.2, 0.25) is 0 Å². The summed E-state index contributed by atoms with van der Waals surface area (Å²) in [6.45, 7) is 0. The van der Waals surface area contributed by atoms with E-state index in [1.807, 2.05) is 12.1 Å². The second-order valence-corrected chi connectivity index (χ2v) is 16.9. The Kier molecular flexibility index (Phi) is 8.81. The van der Waals surface area contributed by atoms with Gasteiger partial charge in [0.05, 0.1) is 22.3 Å². The Morgan fingerprint density at radius 3 is 1.52 bits per heavy atom. The van der Waals surface area contributed by atoms with Gasteiger partial charge in [0.2, 0.25) is 5.71 Å². The van der Waals surface area contributed by atoms with Gasteiger partial charge in [0.1, 0.15) is 11.2 Å². The first-order valence-corrected chi connectivity index (χ1v) is 22.4. The third kappa shape index (κ3) is 6.22. The van der Waals surface area contributed by atoms with Crippen molar-refractivity contribution in [2.45, 2.75) is 0 Å². The van der Waals surface area contributed by atoms with Crippen molar-refractivity contribution in [3.8, 4) is 50.2 Å². The van der Waals surface area contributed by atoms with Crippen LogP contribution in [0.4, 0.5) is 17.1 Å². The number of furan rings is 2. The van der Waals surface area contributed by atoms with Gasteiger partial charge in [-0.1, -0.05) is 176 Å². The van der Waals surface area contributed by atoms with Crippen molar-refractivity contribution in [1.29, 1.82) is 0 Å². The highest BCUT2D eigenvalue weighted by atomic mass is 16.3. The molecule has 4 nitrogen and oxygen atoms in total. The molecule has 0 aliphatic carbocycles. The quantitative estimate of drug-likeness (QED) is 0.153. The van der Waals surface area contributed by atoms with Crippen LogP contribution in [-0.4, -0.2) is 4.57 Å². The Morgan fingerprint density at radius 2 is 0.848 bits per heavy atom. The molecule has 0 N–H and O–H groups in total. The second-order valence-electron chi connectivity index (χ2n) is 16.9. The summed E-state index contributed by atoms with van der Waals surface area (Å²) in [4.78, 5) is 2.31. The Bertz CT molecular complexity index is 3840. The van der Waals surface area contributed by atoms with Crippen LogP contribution >= 0.6 is 0 Å². The zero-order valence-corrected chi connectivity index (χ0v) is 35.8. The standard InChI is InChI=1S/C62H40N2O2/c1-4-16-41(17-5-1)44-30-34-48(35-31-44)63(56-27-14-25-53-52-22-11-13-28-57(52)65-61(53)56)49-36-32-45(33-37-49)51-24-15-29-58-59(51)60-54-23-10-12-26-55(54)64(62(60)66-58)50-39-46(42-18-6-2-7-19-42)38-47(40-50)43-20-8-3-9-21-43/h1-40H. The van der Waals surface area contributed by atoms with E-state index < -0.39 is 0 Å². The molecule has 3 aromatic heterocycles. The lowest BCUT2D eigenvalue weighted by atomic mass is 9.98. The van der Waals surface area contributed by atoms with Crippen LogP contribution in [0.25, 0.3) is 105 Å². The predicted molar refractivity (Wildman–Crippen MR) is 274 cm³/mol. The molecule has 310 valence electrons. The van der Waals surface area contributed by atoms with Crippen molar-refractivity contribution in [3.05, 3.63) is 243 Å². The molecule has 3 heterocycles. The molecule has 4 heteroatoms. The monoisotopic (exact) mass is 844 g/mol. The van der Waals surface area contributed by atoms with Gasteiger partial charge in [0.25, 0.3) is 0 Å². The third-order valence-corrected chi connectivity index (χ3v) is 13.0. The molecule has 10 aromatic carbocycles. The number of rotatable bonds is 8. The molecular weight excluding hydrogens is 805 g/mol. The molecule has 13 rings (SSSR count). The van der Waals surface area contributed by atoms with Crippen LogP contribution in [0.3, 0.4) is 0 Å². The van der Waals surface area contributed by atoms with Gasteiger partial charge in [-0.3, -0.25) is 4.57 Å². The van der Waals surface area contributed by atoms with Crippen LogP contribution in [-0.2, 0) is 0 Å². The molecule has 0 unspecified atom stereocenters. The average molecular weight is 845 g/mol. The largest absolute Gasteiger partial charge is 0.454 e. The summed E-state index contributed by atoms with van der Waals surface area (Å²) in [6.07, 6.45) is 0. The summed E-state index contributed by atoms with van der Waals surface area (Å²) in [5.74, 6) is 0. The first-order valence-electron chi connectivity index (χ1n) is 22.4. The van der Waals surface area contributed by atoms with E-state index in [1.165, 1.54) is 5.56 Å². The van der Waals surface area contributed by atoms with Gasteiger partial charge < -0.3 is 13.7 Å². The summed E-state index contributed by atoms with van der Waals surface area (Å²) >= 11 is 0. The van der Waals surface area contributed by atoms with Gasteiger partial charge in [-0.15, -0.1) is 0 Å². The molecular formula is C62H40N2O2. The molecule has 0 aliphatic heterocycles. The van der Waals surface area contributed by atoms with Gasteiger partial charge in [0.15, 0.2) is 5.58 Å². The molecule has 0 bridgehead atoms. The highest BCUT2D eigenvalue weighted by molar-refractivity contribution is 6.23. The number of hydrogen-bond acceptors (Lipinski definition) is 3. The van der Waals surface area contributed by atoms with Crippen molar-refractivity contribution in [2.24, 2.45) is 0 Å². The molecule has 0 spiro atoms. The topological polar surface area (TPSA) is 34.5 Å². The summed E-state index contributed by atoms with van der Waals surface area (Å²) in [5, 5.41) is 5.53. The van der Waals surface area contributed by atoms with Gasteiger partial charge >= 0.3 is 0 Å². The van der Waals surface area contributed by atoms with E-state index in [2.05, 4.69) is 240 Å². The van der Waals surface area contributed by atoms with Gasteiger partial charge in [-0.2, -0.15) is 0 Å². The van der Waals surface area contributed by atoms with E-state index in [1.54, 1.807) is 0 Å². The van der Waals surface area contributed by atoms with Crippen molar-refractivity contribution in [3.63, 3.8) is 0 Å². The maximum Gasteiger partial charge on any atom is 0.213 e. The number of hydrogen-bond donors (Lipinski definition) is 0. The van der Waals surface area contributed by atoms with E-state index in [4.69, 9.17) is 8.83 Å². The molecule has 0 radical (unpaired) electrons. The maximum absolute atomic E-state index is 7.01. The fourth-order valence-corrected chi connectivity index (χ4v) is 9.92. The summed E-state index contributed by atoms with van der Waals surface area (Å²) in [5.41, 5.74) is 17.7. The number of benzene rings is 10. The third-order valence-electron chi connectivity index (χ3n) is 13.0.